The van der Waals surface area contributed by atoms with Crippen molar-refractivity contribution >= 4 is 0 Å². The molecule has 0 aromatic carbocycles. The predicted molar refractivity (Wildman–Crippen MR) is 66.8 cm³/mol. The van der Waals surface area contributed by atoms with E-state index in [1.54, 1.807) is 0 Å². The van der Waals surface area contributed by atoms with Crippen molar-refractivity contribution in [1.29, 1.82) is 0 Å². The zero-order valence-electron chi connectivity index (χ0n) is 13.3. The Balaban J connectivity index is 4.99. The fraction of sp³-hybridized carbons (Fsp3) is 1.00. The minimum absolute atomic E-state index is 0.0924. The van der Waals surface area contributed by atoms with E-state index in [2.05, 4.69) is 14.2 Å². The number of hydrogen-bond acceptors (Lipinski definition) is 3. The average Bonchev–Trinajstić information content (AvgIpc) is 2.31. The fourth-order valence-electron chi connectivity index (χ4n) is 2.04. The SMILES string of the molecule is CCCCCCCCCC(OC(F)(F)F)(OC(F)(F)F)OC(F)(F)F. The number of halogens is 9. The first-order chi connectivity index (χ1) is 11.2. The summed E-state index contributed by atoms with van der Waals surface area (Å²) in [6, 6.07) is 0. The van der Waals surface area contributed by atoms with Gasteiger partial charge in [0, 0.05) is 6.42 Å². The molecule has 0 spiro atoms. The van der Waals surface area contributed by atoms with Gasteiger partial charge in [-0.05, 0) is 6.42 Å². The first kappa shape index (κ1) is 24.2. The van der Waals surface area contributed by atoms with Gasteiger partial charge in [-0.15, -0.1) is 39.5 Å². The van der Waals surface area contributed by atoms with Gasteiger partial charge in [-0.25, -0.2) is 14.2 Å². The van der Waals surface area contributed by atoms with Crippen molar-refractivity contribution in [3.05, 3.63) is 0 Å². The molecule has 0 saturated carbocycles. The summed E-state index contributed by atoms with van der Waals surface area (Å²) >= 11 is 0. The highest BCUT2D eigenvalue weighted by atomic mass is 19.4. The van der Waals surface area contributed by atoms with Crippen LogP contribution in [0.3, 0.4) is 0 Å². The first-order valence-electron chi connectivity index (χ1n) is 7.49. The van der Waals surface area contributed by atoms with Crippen molar-refractivity contribution < 1.29 is 53.7 Å². The van der Waals surface area contributed by atoms with Gasteiger partial charge in [0.25, 0.3) is 0 Å². The molecular formula is C13H19F9O3. The number of alkyl halides is 9. The Bertz CT molecular complexity index is 322. The third-order valence-corrected chi connectivity index (χ3v) is 2.90. The van der Waals surface area contributed by atoms with E-state index in [1.165, 1.54) is 0 Å². The van der Waals surface area contributed by atoms with Gasteiger partial charge in [0.2, 0.25) is 0 Å². The van der Waals surface area contributed by atoms with Crippen LogP contribution in [0.5, 0.6) is 0 Å². The highest BCUT2D eigenvalue weighted by Crippen LogP contribution is 2.40. The van der Waals surface area contributed by atoms with Crippen LogP contribution in [0.25, 0.3) is 0 Å². The number of hydrogen-bond donors (Lipinski definition) is 0. The largest absolute Gasteiger partial charge is 0.526 e. The smallest absolute Gasteiger partial charge is 0.233 e. The average molecular weight is 394 g/mol. The first-order valence-corrected chi connectivity index (χ1v) is 7.49. The molecule has 0 saturated heterocycles. The van der Waals surface area contributed by atoms with Gasteiger partial charge >= 0.3 is 25.1 Å². The van der Waals surface area contributed by atoms with Gasteiger partial charge in [-0.1, -0.05) is 45.4 Å². The van der Waals surface area contributed by atoms with E-state index in [-0.39, 0.29) is 6.42 Å². The highest BCUT2D eigenvalue weighted by molar-refractivity contribution is 4.63. The lowest BCUT2D eigenvalue weighted by Crippen LogP contribution is -2.49. The molecule has 0 radical (unpaired) electrons. The molecule has 12 heteroatoms. The van der Waals surface area contributed by atoms with E-state index in [4.69, 9.17) is 0 Å². The van der Waals surface area contributed by atoms with Crippen LogP contribution in [0.15, 0.2) is 0 Å². The number of unbranched alkanes of at least 4 members (excludes halogenated alkanes) is 6. The lowest BCUT2D eigenvalue weighted by molar-refractivity contribution is -0.580. The summed E-state index contributed by atoms with van der Waals surface area (Å²) in [4.78, 5) is 0. The lowest BCUT2D eigenvalue weighted by Gasteiger charge is -2.34. The number of ether oxygens (including phenoxy) is 3. The normalized spacial score (nSPS) is 14.2. The zero-order chi connectivity index (χ0) is 19.8. The van der Waals surface area contributed by atoms with Gasteiger partial charge in [-0.3, -0.25) is 0 Å². The van der Waals surface area contributed by atoms with Crippen molar-refractivity contribution in [2.24, 2.45) is 0 Å². The van der Waals surface area contributed by atoms with Crippen LogP contribution in [0.4, 0.5) is 39.5 Å². The molecule has 0 aromatic heterocycles. The molecule has 0 bridgehead atoms. The molecule has 0 fully saturated rings. The van der Waals surface area contributed by atoms with Crippen LogP contribution < -0.4 is 0 Å². The molecule has 0 aromatic rings. The quantitative estimate of drug-likeness (QED) is 0.231. The zero-order valence-corrected chi connectivity index (χ0v) is 13.3. The van der Waals surface area contributed by atoms with E-state index in [0.717, 1.165) is 19.3 Å². The van der Waals surface area contributed by atoms with Crippen LogP contribution in [-0.4, -0.2) is 25.1 Å². The Morgan fingerprint density at radius 3 is 1.16 bits per heavy atom. The second-order valence-corrected chi connectivity index (χ2v) is 5.20. The summed E-state index contributed by atoms with van der Waals surface area (Å²) < 4.78 is 120. The third kappa shape index (κ3) is 14.1. The summed E-state index contributed by atoms with van der Waals surface area (Å²) in [6.45, 7) is 1.94. The molecule has 152 valence electrons. The van der Waals surface area contributed by atoms with Crippen LogP contribution in [-0.2, 0) is 14.2 Å². The minimum Gasteiger partial charge on any atom is -0.233 e. The molecule has 0 heterocycles. The summed E-state index contributed by atoms with van der Waals surface area (Å²) in [6.07, 6.45) is -15.6. The summed E-state index contributed by atoms with van der Waals surface area (Å²) in [5.41, 5.74) is 0. The molecule has 0 rings (SSSR count). The maximum absolute atomic E-state index is 12.3. The Labute approximate surface area is 138 Å². The summed E-state index contributed by atoms with van der Waals surface area (Å²) in [5, 5.41) is 0. The van der Waals surface area contributed by atoms with E-state index in [9.17, 15) is 39.5 Å². The molecule has 0 N–H and O–H groups in total. The summed E-state index contributed by atoms with van der Waals surface area (Å²) in [7, 11) is 0. The van der Waals surface area contributed by atoms with Crippen molar-refractivity contribution in [2.45, 2.75) is 83.4 Å². The third-order valence-electron chi connectivity index (χ3n) is 2.90. The van der Waals surface area contributed by atoms with Gasteiger partial charge in [0.05, 0.1) is 0 Å². The summed E-state index contributed by atoms with van der Waals surface area (Å²) in [5.74, 6) is -4.38. The second kappa shape index (κ2) is 9.81. The van der Waals surface area contributed by atoms with Crippen LogP contribution in [0, 0.1) is 0 Å². The van der Waals surface area contributed by atoms with E-state index < -0.39 is 37.9 Å². The lowest BCUT2D eigenvalue weighted by atomic mass is 10.1. The monoisotopic (exact) mass is 394 g/mol. The second-order valence-electron chi connectivity index (χ2n) is 5.20. The van der Waals surface area contributed by atoms with Crippen molar-refractivity contribution in [3.63, 3.8) is 0 Å². The molecule has 0 aliphatic heterocycles. The van der Waals surface area contributed by atoms with Crippen molar-refractivity contribution in [2.75, 3.05) is 0 Å². The van der Waals surface area contributed by atoms with Gasteiger partial charge in [0.1, 0.15) is 0 Å². The van der Waals surface area contributed by atoms with E-state index >= 15 is 0 Å². The van der Waals surface area contributed by atoms with Crippen molar-refractivity contribution in [1.82, 2.24) is 0 Å². The molecule has 0 unspecified atom stereocenters. The number of rotatable bonds is 11. The Hall–Kier alpha value is -0.750. The van der Waals surface area contributed by atoms with Crippen LogP contribution in [0.2, 0.25) is 0 Å². The molecule has 3 nitrogen and oxygen atoms in total. The molecule has 0 aliphatic rings. The van der Waals surface area contributed by atoms with Gasteiger partial charge in [-0.2, -0.15) is 0 Å². The minimum atomic E-state index is -5.84. The van der Waals surface area contributed by atoms with E-state index in [1.807, 2.05) is 6.92 Å². The molecule has 25 heavy (non-hydrogen) atoms. The molecule has 0 amide bonds. The predicted octanol–water partition coefficient (Wildman–Crippen LogP) is 6.39. The van der Waals surface area contributed by atoms with Gasteiger partial charge < -0.3 is 0 Å². The Morgan fingerprint density at radius 1 is 0.520 bits per heavy atom. The maximum Gasteiger partial charge on any atom is 0.526 e. The highest BCUT2D eigenvalue weighted by Gasteiger charge is 2.57. The molecule has 0 atom stereocenters. The standard InChI is InChI=1S/C13H19F9O3/c1-2-3-4-5-6-7-8-9-10(23-11(14,15)16,24-12(17,18)19)25-13(20,21)22/h2-9H2,1H3. The molecule has 0 aliphatic carbocycles. The maximum atomic E-state index is 12.3. The van der Waals surface area contributed by atoms with E-state index in [0.29, 0.717) is 12.8 Å². The Morgan fingerprint density at radius 2 is 0.840 bits per heavy atom. The Kier molecular flexibility index (Phi) is 9.52. The van der Waals surface area contributed by atoms with Crippen LogP contribution in [0.1, 0.15) is 58.3 Å². The van der Waals surface area contributed by atoms with Crippen molar-refractivity contribution in [3.8, 4) is 0 Å². The van der Waals surface area contributed by atoms with Gasteiger partial charge in [0.15, 0.2) is 0 Å². The molecular weight excluding hydrogens is 375 g/mol. The van der Waals surface area contributed by atoms with Crippen LogP contribution >= 0.6 is 0 Å². The fourth-order valence-corrected chi connectivity index (χ4v) is 2.04. The topological polar surface area (TPSA) is 27.7 Å².